The van der Waals surface area contributed by atoms with Gasteiger partial charge in [0.05, 0.1) is 5.75 Å². The fourth-order valence-corrected chi connectivity index (χ4v) is 1.18. The third-order valence-electron chi connectivity index (χ3n) is 0.799. The Kier molecular flexibility index (Phi) is 9.72. The molecule has 66 valence electrons. The Morgan fingerprint density at radius 3 is 2.58 bits per heavy atom. The van der Waals surface area contributed by atoms with Crippen LogP contribution in [0.3, 0.4) is 0 Å². The molecule has 6 heteroatoms. The van der Waals surface area contributed by atoms with Gasteiger partial charge >= 0.3 is 29.6 Å². The van der Waals surface area contributed by atoms with Crippen molar-refractivity contribution in [3.63, 3.8) is 0 Å². The summed E-state index contributed by atoms with van der Waals surface area (Å²) >= 11 is 0. The summed E-state index contributed by atoms with van der Waals surface area (Å²) < 4.78 is 25.8. The van der Waals surface area contributed by atoms with Gasteiger partial charge in [-0.1, -0.05) is 12.8 Å². The SMILES string of the molecule is CC#CNOS(=O)(=O)CCC.[H-].[Na+]. The molecule has 0 unspecified atom stereocenters. The molecule has 0 aromatic heterocycles. The number of rotatable bonds is 4. The zero-order chi connectivity index (χ0) is 8.74. The van der Waals surface area contributed by atoms with Crippen LogP contribution in [0.4, 0.5) is 0 Å². The molecule has 0 saturated carbocycles. The van der Waals surface area contributed by atoms with E-state index in [0.717, 1.165) is 0 Å². The topological polar surface area (TPSA) is 55.4 Å². The van der Waals surface area contributed by atoms with Gasteiger partial charge in [-0.25, -0.2) is 5.48 Å². The molecule has 0 aliphatic carbocycles. The molecule has 0 saturated heterocycles. The van der Waals surface area contributed by atoms with Crippen LogP contribution in [-0.2, 0) is 14.4 Å². The zero-order valence-electron chi connectivity index (χ0n) is 8.55. The Morgan fingerprint density at radius 2 is 2.17 bits per heavy atom. The van der Waals surface area contributed by atoms with E-state index in [1.807, 2.05) is 5.48 Å². The summed E-state index contributed by atoms with van der Waals surface area (Å²) in [6.07, 6.45) is 0.531. The predicted molar refractivity (Wildman–Crippen MR) is 42.9 cm³/mol. The minimum absolute atomic E-state index is 0. The van der Waals surface area contributed by atoms with Crippen LogP contribution in [0.25, 0.3) is 0 Å². The maximum Gasteiger partial charge on any atom is 1.00 e. The standard InChI is InChI=1S/C6H11NO3S.Na.H/c1-3-5-7-10-11(8,9)6-4-2;;/h7H,4,6H2,1-2H3;;/q;+1;-1. The van der Waals surface area contributed by atoms with Crippen LogP contribution in [0, 0.1) is 12.0 Å². The summed E-state index contributed by atoms with van der Waals surface area (Å²) in [6, 6.07) is 2.26. The largest absolute Gasteiger partial charge is 1.00 e. The number of hydrogen-bond donors (Lipinski definition) is 1. The van der Waals surface area contributed by atoms with Crippen LogP contribution in [0.15, 0.2) is 0 Å². The van der Waals surface area contributed by atoms with Gasteiger partial charge in [-0.3, -0.25) is 0 Å². The Morgan fingerprint density at radius 1 is 1.58 bits per heavy atom. The number of nitrogens with one attached hydrogen (secondary N) is 1. The van der Waals surface area contributed by atoms with Gasteiger partial charge < -0.3 is 1.43 Å². The maximum absolute atomic E-state index is 10.8. The van der Waals surface area contributed by atoms with E-state index in [-0.39, 0.29) is 36.7 Å². The second kappa shape index (κ2) is 7.90. The van der Waals surface area contributed by atoms with Gasteiger partial charge in [0, 0.05) is 6.04 Å². The molecule has 0 aliphatic heterocycles. The number of hydrogen-bond acceptors (Lipinski definition) is 4. The van der Waals surface area contributed by atoms with Crippen molar-refractivity contribution in [1.29, 1.82) is 0 Å². The van der Waals surface area contributed by atoms with Crippen molar-refractivity contribution in [1.82, 2.24) is 5.48 Å². The van der Waals surface area contributed by atoms with Crippen LogP contribution in [0.2, 0.25) is 0 Å². The van der Waals surface area contributed by atoms with E-state index < -0.39 is 10.1 Å². The molecule has 0 rings (SSSR count). The Hall–Kier alpha value is 0.270. The maximum atomic E-state index is 10.8. The van der Waals surface area contributed by atoms with Crippen molar-refractivity contribution >= 4 is 10.1 Å². The quantitative estimate of drug-likeness (QED) is 0.233. The first-order chi connectivity index (χ1) is 5.12. The zero-order valence-corrected chi connectivity index (χ0v) is 10.4. The average Bonchev–Trinajstić information content (AvgIpc) is 1.87. The summed E-state index contributed by atoms with van der Waals surface area (Å²) in [5, 5.41) is 0. The van der Waals surface area contributed by atoms with Crippen molar-refractivity contribution in [2.75, 3.05) is 5.75 Å². The van der Waals surface area contributed by atoms with Gasteiger partial charge in [0.15, 0.2) is 0 Å². The first kappa shape index (κ1) is 14.8. The van der Waals surface area contributed by atoms with Gasteiger partial charge in [0.2, 0.25) is 0 Å². The summed E-state index contributed by atoms with van der Waals surface area (Å²) in [5.41, 5.74) is 2.01. The van der Waals surface area contributed by atoms with Gasteiger partial charge in [0.25, 0.3) is 10.1 Å². The van der Waals surface area contributed by atoms with Crippen LogP contribution in [0.1, 0.15) is 21.7 Å². The first-order valence-electron chi connectivity index (χ1n) is 3.20. The molecule has 0 atom stereocenters. The molecule has 4 nitrogen and oxygen atoms in total. The normalized spacial score (nSPS) is 9.17. The minimum atomic E-state index is -3.42. The summed E-state index contributed by atoms with van der Waals surface area (Å²) in [6.45, 7) is 3.33. The van der Waals surface area contributed by atoms with E-state index in [4.69, 9.17) is 0 Å². The molecular weight excluding hydrogens is 189 g/mol. The predicted octanol–water partition coefficient (Wildman–Crippen LogP) is -2.66. The summed E-state index contributed by atoms with van der Waals surface area (Å²) in [4.78, 5) is 0. The van der Waals surface area contributed by atoms with E-state index >= 15 is 0 Å². The van der Waals surface area contributed by atoms with E-state index in [9.17, 15) is 8.42 Å². The van der Waals surface area contributed by atoms with Crippen molar-refractivity contribution in [2.24, 2.45) is 0 Å². The van der Waals surface area contributed by atoms with Crippen molar-refractivity contribution in [3.8, 4) is 12.0 Å². The van der Waals surface area contributed by atoms with Crippen LogP contribution >= 0.6 is 0 Å². The number of hydroxylamine groups is 1. The summed E-state index contributed by atoms with van der Waals surface area (Å²) in [7, 11) is -3.42. The van der Waals surface area contributed by atoms with Crippen molar-refractivity contribution in [3.05, 3.63) is 0 Å². The van der Waals surface area contributed by atoms with Gasteiger partial charge in [-0.2, -0.15) is 8.42 Å². The smallest absolute Gasteiger partial charge is 1.00 e. The summed E-state index contributed by atoms with van der Waals surface area (Å²) in [5.74, 6) is 2.44. The molecular formula is C6H12NNaO3S. The molecule has 0 spiro atoms. The molecule has 0 fully saturated rings. The minimum Gasteiger partial charge on any atom is -1.00 e. The molecule has 0 aromatic rings. The second-order valence-corrected chi connectivity index (χ2v) is 3.51. The third-order valence-corrected chi connectivity index (χ3v) is 2.04. The first-order valence-corrected chi connectivity index (χ1v) is 4.78. The van der Waals surface area contributed by atoms with E-state index in [1.54, 1.807) is 13.8 Å². The monoisotopic (exact) mass is 201 g/mol. The third kappa shape index (κ3) is 8.37. The van der Waals surface area contributed by atoms with Crippen LogP contribution in [0.5, 0.6) is 0 Å². The van der Waals surface area contributed by atoms with Gasteiger partial charge in [0.1, 0.15) is 0 Å². The molecule has 12 heavy (non-hydrogen) atoms. The Labute approximate surface area is 96.9 Å². The molecule has 0 amide bonds. The van der Waals surface area contributed by atoms with E-state index in [0.29, 0.717) is 6.42 Å². The molecule has 0 aromatic carbocycles. The fraction of sp³-hybridized carbons (Fsp3) is 0.667. The fourth-order valence-electron chi connectivity index (χ4n) is 0.427. The van der Waals surface area contributed by atoms with E-state index in [1.165, 1.54) is 0 Å². The Bertz CT molecular complexity index is 257. The van der Waals surface area contributed by atoms with Crippen LogP contribution < -0.4 is 35.0 Å². The van der Waals surface area contributed by atoms with E-state index in [2.05, 4.69) is 16.2 Å². The van der Waals surface area contributed by atoms with Crippen molar-refractivity contribution in [2.45, 2.75) is 20.3 Å². The molecule has 1 N–H and O–H groups in total. The van der Waals surface area contributed by atoms with Crippen LogP contribution in [-0.4, -0.2) is 14.2 Å². The molecule has 0 bridgehead atoms. The molecule has 0 radical (unpaired) electrons. The van der Waals surface area contributed by atoms with Gasteiger partial charge in [-0.15, -0.1) is 4.28 Å². The second-order valence-electron chi connectivity index (χ2n) is 1.82. The van der Waals surface area contributed by atoms with Gasteiger partial charge in [-0.05, 0) is 13.3 Å². The molecule has 0 heterocycles. The molecule has 0 aliphatic rings. The average molecular weight is 201 g/mol. The van der Waals surface area contributed by atoms with Crippen molar-refractivity contribution < 1.29 is 43.7 Å². The Balaban J connectivity index is -0.000000500.